The highest BCUT2D eigenvalue weighted by atomic mass is 35.5. The van der Waals surface area contributed by atoms with Crippen LogP contribution in [0, 0.1) is 39.0 Å². The first-order valence-corrected chi connectivity index (χ1v) is 19.2. The van der Waals surface area contributed by atoms with E-state index in [-0.39, 0.29) is 11.8 Å². The number of nitrogens with zero attached hydrogens (tertiary/aromatic N) is 2. The monoisotopic (exact) mass is 791 g/mol. The molecule has 0 amide bonds. The van der Waals surface area contributed by atoms with Gasteiger partial charge in [0.25, 0.3) is 0 Å². The van der Waals surface area contributed by atoms with Crippen LogP contribution in [0.2, 0.25) is 0 Å². The number of benzene rings is 3. The topological polar surface area (TPSA) is 137 Å². The number of carbonyl (C=O) groups excluding carboxylic acids is 2. The van der Waals surface area contributed by atoms with Gasteiger partial charge >= 0.3 is 11.9 Å². The summed E-state index contributed by atoms with van der Waals surface area (Å²) in [7, 11) is 0. The van der Waals surface area contributed by atoms with Crippen molar-refractivity contribution < 1.29 is 19.1 Å². The number of aromatic nitrogens is 4. The molecular formula is C46H35Cl2N5O4. The number of aryl methyl sites for hydroxylation is 4. The molecule has 0 fully saturated rings. The van der Waals surface area contributed by atoms with Crippen molar-refractivity contribution in [1.82, 2.24) is 19.9 Å². The first kappa shape index (κ1) is 37.3. The van der Waals surface area contributed by atoms with E-state index in [0.29, 0.717) is 17.1 Å². The van der Waals surface area contributed by atoms with Crippen molar-refractivity contribution in [2.75, 3.05) is 11.8 Å². The molecule has 11 heteroatoms. The third-order valence-corrected chi connectivity index (χ3v) is 10.5. The number of alkyl halides is 2. The molecular weight excluding hydrogens is 757 g/mol. The molecule has 282 valence electrons. The first-order valence-electron chi connectivity index (χ1n) is 18.2. The highest BCUT2D eigenvalue weighted by Gasteiger charge is 2.21. The van der Waals surface area contributed by atoms with Crippen LogP contribution in [0.3, 0.4) is 0 Å². The summed E-state index contributed by atoms with van der Waals surface area (Å²) in [5.74, 6) is -0.706. The lowest BCUT2D eigenvalue weighted by Crippen LogP contribution is -2.09. The average Bonchev–Trinajstić information content (AvgIpc) is 4.03. The average molecular weight is 793 g/mol. The standard InChI is InChI=1S/C46H35Cl2N5O4/c1-24-17-30(56-40(54)21-47)18-25(2)42(24)45-36-11-9-32(50-36)33-10-12-37(51-33)46(43-26(3)19-31(20-27(43)4)57-41(55)22-48)39-16-14-35(53-39)44(34-13-15-38(45)52-34)29-7-5-28(23-49)6-8-29/h5-20,50-52H,21-22H2,1-4H3. The summed E-state index contributed by atoms with van der Waals surface area (Å²) in [4.78, 5) is 40.6. The van der Waals surface area contributed by atoms with Gasteiger partial charge in [0, 0.05) is 38.8 Å². The molecule has 0 saturated heterocycles. The highest BCUT2D eigenvalue weighted by Crippen LogP contribution is 2.40. The van der Waals surface area contributed by atoms with Crippen LogP contribution in [0.25, 0.3) is 78.6 Å². The quantitative estimate of drug-likeness (QED) is 0.0835. The summed E-state index contributed by atoms with van der Waals surface area (Å²) < 4.78 is 11.0. The Morgan fingerprint density at radius 3 is 1.40 bits per heavy atom. The van der Waals surface area contributed by atoms with Gasteiger partial charge < -0.3 is 24.4 Å². The minimum atomic E-state index is -0.528. The van der Waals surface area contributed by atoms with E-state index >= 15 is 0 Å². The Morgan fingerprint density at radius 2 is 0.947 bits per heavy atom. The van der Waals surface area contributed by atoms with Gasteiger partial charge in [0.15, 0.2) is 0 Å². The smallest absolute Gasteiger partial charge is 0.326 e. The van der Waals surface area contributed by atoms with Gasteiger partial charge in [-0.1, -0.05) is 12.1 Å². The molecule has 0 aliphatic carbocycles. The molecule has 8 rings (SSSR count). The van der Waals surface area contributed by atoms with Gasteiger partial charge in [0.2, 0.25) is 0 Å². The summed E-state index contributed by atoms with van der Waals surface area (Å²) in [5.41, 5.74) is 16.2. The molecule has 0 spiro atoms. The molecule has 8 bridgehead atoms. The van der Waals surface area contributed by atoms with E-state index < -0.39 is 11.9 Å². The Kier molecular flexibility index (Phi) is 9.92. The van der Waals surface area contributed by atoms with Crippen LogP contribution < -0.4 is 9.47 Å². The predicted molar refractivity (Wildman–Crippen MR) is 228 cm³/mol. The minimum Gasteiger partial charge on any atom is -0.426 e. The van der Waals surface area contributed by atoms with Crippen LogP contribution in [0.15, 0.2) is 84.9 Å². The van der Waals surface area contributed by atoms with Crippen molar-refractivity contribution in [3.63, 3.8) is 0 Å². The summed E-state index contributed by atoms with van der Waals surface area (Å²) >= 11 is 11.5. The normalized spacial score (nSPS) is 11.5. The molecule has 0 saturated carbocycles. The van der Waals surface area contributed by atoms with Crippen LogP contribution in [-0.4, -0.2) is 43.6 Å². The van der Waals surface area contributed by atoms with E-state index in [1.54, 1.807) is 12.1 Å². The van der Waals surface area contributed by atoms with Crippen LogP contribution in [0.4, 0.5) is 0 Å². The molecule has 7 aromatic rings. The Balaban J connectivity index is 1.48. The summed E-state index contributed by atoms with van der Waals surface area (Å²) in [6, 6.07) is 29.4. The molecule has 4 aromatic heterocycles. The van der Waals surface area contributed by atoms with Gasteiger partial charge in [-0.3, -0.25) is 9.59 Å². The van der Waals surface area contributed by atoms with Crippen molar-refractivity contribution in [1.29, 1.82) is 5.26 Å². The predicted octanol–water partition coefficient (Wildman–Crippen LogP) is 11.1. The van der Waals surface area contributed by atoms with Crippen molar-refractivity contribution in [3.8, 4) is 50.9 Å². The van der Waals surface area contributed by atoms with Gasteiger partial charge in [-0.25, -0.2) is 4.98 Å². The van der Waals surface area contributed by atoms with E-state index in [9.17, 15) is 14.9 Å². The number of carbonyl (C=O) groups is 2. The summed E-state index contributed by atoms with van der Waals surface area (Å²) in [6.07, 6.45) is 4.02. The minimum absolute atomic E-state index is 0.247. The van der Waals surface area contributed by atoms with E-state index in [0.717, 1.165) is 100 Å². The molecule has 5 heterocycles. The number of esters is 2. The molecule has 57 heavy (non-hydrogen) atoms. The Labute approximate surface area is 337 Å². The van der Waals surface area contributed by atoms with Crippen molar-refractivity contribution in [3.05, 3.63) is 124 Å². The number of ether oxygens (including phenoxy) is 2. The molecule has 1 aliphatic rings. The lowest BCUT2D eigenvalue weighted by Gasteiger charge is -2.14. The molecule has 9 nitrogen and oxygen atoms in total. The third kappa shape index (κ3) is 7.06. The molecule has 3 N–H and O–H groups in total. The van der Waals surface area contributed by atoms with Crippen LogP contribution in [-0.2, 0) is 9.59 Å². The Hall–Kier alpha value is -6.60. The maximum atomic E-state index is 12.1. The lowest BCUT2D eigenvalue weighted by atomic mass is 9.94. The number of H-pyrrole nitrogens is 3. The molecule has 1 aliphatic heterocycles. The maximum absolute atomic E-state index is 12.1. The summed E-state index contributed by atoms with van der Waals surface area (Å²) in [5, 5.41) is 9.62. The van der Waals surface area contributed by atoms with E-state index in [1.165, 1.54) is 0 Å². The number of aromatic amines is 3. The second-order valence-corrected chi connectivity index (χ2v) is 14.5. The van der Waals surface area contributed by atoms with E-state index in [2.05, 4.69) is 33.2 Å². The number of nitriles is 1. The Morgan fingerprint density at radius 1 is 0.561 bits per heavy atom. The molecule has 0 atom stereocenters. The van der Waals surface area contributed by atoms with Crippen LogP contribution >= 0.6 is 23.2 Å². The largest absolute Gasteiger partial charge is 0.426 e. The van der Waals surface area contributed by atoms with E-state index in [1.807, 2.05) is 101 Å². The SMILES string of the molecule is Cc1cc(OC(=O)CCl)cc(C)c1-c1c2nc(c(-c3ccc(C#N)cc3)c3ccc([nH]3)c(-c3c(C)cc(OC(=O)CCl)cc3C)c3ccc([nH]3)c3ccc1[nH]3)C=C2. The zero-order valence-corrected chi connectivity index (χ0v) is 32.9. The number of hydrogen-bond acceptors (Lipinski definition) is 6. The van der Waals surface area contributed by atoms with Gasteiger partial charge in [0.1, 0.15) is 23.3 Å². The van der Waals surface area contributed by atoms with Gasteiger partial charge in [-0.05, 0) is 152 Å². The maximum Gasteiger partial charge on any atom is 0.326 e. The zero-order valence-electron chi connectivity index (χ0n) is 31.4. The molecule has 0 unspecified atom stereocenters. The number of rotatable bonds is 7. The van der Waals surface area contributed by atoms with Crippen molar-refractivity contribution in [2.45, 2.75) is 27.7 Å². The second-order valence-electron chi connectivity index (χ2n) is 14.0. The number of nitrogens with one attached hydrogen (secondary N) is 3. The van der Waals surface area contributed by atoms with Crippen molar-refractivity contribution >= 4 is 80.4 Å². The fourth-order valence-corrected chi connectivity index (χ4v) is 7.87. The third-order valence-electron chi connectivity index (χ3n) is 10.1. The number of halogens is 2. The summed E-state index contributed by atoms with van der Waals surface area (Å²) in [6.45, 7) is 7.96. The van der Waals surface area contributed by atoms with Gasteiger partial charge in [-0.15, -0.1) is 23.2 Å². The Bertz CT molecular complexity index is 2940. The molecule has 3 aromatic carbocycles. The van der Waals surface area contributed by atoms with Crippen molar-refractivity contribution in [2.24, 2.45) is 0 Å². The molecule has 0 radical (unpaired) electrons. The highest BCUT2D eigenvalue weighted by molar-refractivity contribution is 6.27. The fraction of sp³-hybridized carbons (Fsp3) is 0.130. The van der Waals surface area contributed by atoms with Gasteiger partial charge in [0.05, 0.1) is 34.1 Å². The second kappa shape index (κ2) is 15.1. The van der Waals surface area contributed by atoms with Crippen LogP contribution in [0.5, 0.6) is 11.5 Å². The lowest BCUT2D eigenvalue weighted by molar-refractivity contribution is -0.132. The van der Waals surface area contributed by atoms with E-state index in [4.69, 9.17) is 37.7 Å². The first-order chi connectivity index (χ1) is 27.5. The fourth-order valence-electron chi connectivity index (χ4n) is 7.76. The zero-order chi connectivity index (χ0) is 40.0. The number of hydrogen-bond donors (Lipinski definition) is 3. The van der Waals surface area contributed by atoms with Gasteiger partial charge in [-0.2, -0.15) is 5.26 Å². The van der Waals surface area contributed by atoms with Crippen LogP contribution in [0.1, 0.15) is 39.2 Å². The number of fused-ring (bicyclic) bond motifs is 9.